The molecular weight excluding hydrogens is 255 g/mol. The summed E-state index contributed by atoms with van der Waals surface area (Å²) in [5.41, 5.74) is 1.10. The maximum atomic E-state index is 5.79. The second-order valence-corrected chi connectivity index (χ2v) is 4.01. The fourth-order valence-electron chi connectivity index (χ4n) is 0.942. The summed E-state index contributed by atoms with van der Waals surface area (Å²) in [6.45, 7) is 3.66. The van der Waals surface area contributed by atoms with Gasteiger partial charge in [-0.2, -0.15) is 0 Å². The first kappa shape index (κ1) is 11.3. The second kappa shape index (κ2) is 5.89. The van der Waals surface area contributed by atoms with Crippen molar-refractivity contribution in [3.8, 4) is 0 Å². The van der Waals surface area contributed by atoms with E-state index >= 15 is 0 Å². The molecule has 1 heterocycles. The highest BCUT2D eigenvalue weighted by molar-refractivity contribution is 9.11. The third-order valence-corrected chi connectivity index (χ3v) is 2.86. The van der Waals surface area contributed by atoms with Gasteiger partial charge in [0.25, 0.3) is 0 Å². The van der Waals surface area contributed by atoms with Gasteiger partial charge in [0.2, 0.25) is 0 Å². The molecule has 1 unspecified atom stereocenters. The van der Waals surface area contributed by atoms with E-state index in [9.17, 15) is 0 Å². The average molecular weight is 270 g/mol. The standard InChI is InChI=1S/C9H14BrClO2/c1-2-3-12-9(10)7(5-11)4-8-6-13-8/h8H,2-6H2,1H3/b9-7-. The van der Waals surface area contributed by atoms with Crippen molar-refractivity contribution >= 4 is 27.5 Å². The van der Waals surface area contributed by atoms with Crippen molar-refractivity contribution in [3.05, 3.63) is 10.2 Å². The van der Waals surface area contributed by atoms with Gasteiger partial charge in [-0.25, -0.2) is 0 Å². The van der Waals surface area contributed by atoms with Gasteiger partial charge in [0.15, 0.2) is 4.67 Å². The Hall–Kier alpha value is 0.270. The molecule has 4 heteroatoms. The lowest BCUT2D eigenvalue weighted by molar-refractivity contribution is 0.237. The minimum absolute atomic E-state index is 0.367. The second-order valence-electron chi connectivity index (χ2n) is 3.02. The molecule has 0 aromatic carbocycles. The molecule has 1 aliphatic rings. The molecule has 0 aromatic rings. The molecule has 76 valence electrons. The lowest BCUT2D eigenvalue weighted by atomic mass is 10.2. The number of hydrogen-bond donors (Lipinski definition) is 0. The van der Waals surface area contributed by atoms with Crippen molar-refractivity contribution < 1.29 is 9.47 Å². The molecule has 13 heavy (non-hydrogen) atoms. The smallest absolute Gasteiger partial charge is 0.162 e. The Morgan fingerprint density at radius 1 is 1.69 bits per heavy atom. The van der Waals surface area contributed by atoms with Crippen molar-refractivity contribution in [2.45, 2.75) is 25.9 Å². The molecule has 0 aliphatic carbocycles. The SMILES string of the molecule is CCCO/C(Br)=C(\CCl)CC1CO1. The monoisotopic (exact) mass is 268 g/mol. The van der Waals surface area contributed by atoms with Gasteiger partial charge in [0.1, 0.15) is 0 Å². The molecule has 0 spiro atoms. The number of epoxide rings is 1. The first-order chi connectivity index (χ1) is 6.27. The van der Waals surface area contributed by atoms with Gasteiger partial charge in [-0.05, 0) is 27.9 Å². The number of hydrogen-bond acceptors (Lipinski definition) is 2. The number of alkyl halides is 1. The zero-order valence-electron chi connectivity index (χ0n) is 7.69. The molecule has 2 nitrogen and oxygen atoms in total. The van der Waals surface area contributed by atoms with Crippen LogP contribution >= 0.6 is 27.5 Å². The van der Waals surface area contributed by atoms with Crippen LogP contribution in [0.1, 0.15) is 19.8 Å². The van der Waals surface area contributed by atoms with Crippen molar-refractivity contribution in [2.75, 3.05) is 19.1 Å². The maximum Gasteiger partial charge on any atom is 0.162 e. The first-order valence-corrected chi connectivity index (χ1v) is 5.78. The minimum atomic E-state index is 0.367. The molecule has 1 saturated heterocycles. The molecule has 0 amide bonds. The van der Waals surface area contributed by atoms with Gasteiger partial charge in [-0.1, -0.05) is 6.92 Å². The van der Waals surface area contributed by atoms with E-state index in [1.165, 1.54) is 0 Å². The highest BCUT2D eigenvalue weighted by atomic mass is 79.9. The summed E-state index contributed by atoms with van der Waals surface area (Å²) < 4.78 is 11.3. The van der Waals surface area contributed by atoms with E-state index in [-0.39, 0.29) is 0 Å². The molecule has 1 aliphatic heterocycles. The molecule has 0 saturated carbocycles. The summed E-state index contributed by atoms with van der Waals surface area (Å²) in [4.78, 5) is 0. The summed E-state index contributed by atoms with van der Waals surface area (Å²) >= 11 is 9.17. The van der Waals surface area contributed by atoms with E-state index in [1.54, 1.807) is 0 Å². The fraction of sp³-hybridized carbons (Fsp3) is 0.778. The van der Waals surface area contributed by atoms with Crippen molar-refractivity contribution in [3.63, 3.8) is 0 Å². The van der Waals surface area contributed by atoms with Gasteiger partial charge in [-0.15, -0.1) is 11.6 Å². The van der Waals surface area contributed by atoms with E-state index in [1.807, 2.05) is 0 Å². The lowest BCUT2D eigenvalue weighted by Crippen LogP contribution is -1.98. The maximum absolute atomic E-state index is 5.79. The Labute approximate surface area is 92.4 Å². The van der Waals surface area contributed by atoms with Crippen LogP contribution in [-0.2, 0) is 9.47 Å². The van der Waals surface area contributed by atoms with E-state index in [2.05, 4.69) is 22.9 Å². The van der Waals surface area contributed by atoms with Crippen LogP contribution in [0.15, 0.2) is 10.2 Å². The molecule has 0 N–H and O–H groups in total. The van der Waals surface area contributed by atoms with E-state index in [4.69, 9.17) is 21.1 Å². The zero-order valence-corrected chi connectivity index (χ0v) is 10.0. The van der Waals surface area contributed by atoms with Crippen LogP contribution in [0, 0.1) is 0 Å². The molecule has 0 radical (unpaired) electrons. The van der Waals surface area contributed by atoms with Gasteiger partial charge >= 0.3 is 0 Å². The molecule has 1 fully saturated rings. The zero-order chi connectivity index (χ0) is 9.68. The van der Waals surface area contributed by atoms with Crippen LogP contribution in [0.2, 0.25) is 0 Å². The van der Waals surface area contributed by atoms with Crippen molar-refractivity contribution in [1.29, 1.82) is 0 Å². The molecular formula is C9H14BrClO2. The lowest BCUT2D eigenvalue weighted by Gasteiger charge is -2.07. The summed E-state index contributed by atoms with van der Waals surface area (Å²) in [7, 11) is 0. The van der Waals surface area contributed by atoms with Crippen LogP contribution in [0.3, 0.4) is 0 Å². The first-order valence-electron chi connectivity index (χ1n) is 4.45. The average Bonchev–Trinajstić information content (AvgIpc) is 2.93. The summed E-state index contributed by atoms with van der Waals surface area (Å²) in [5, 5.41) is 0. The van der Waals surface area contributed by atoms with Crippen LogP contribution in [-0.4, -0.2) is 25.2 Å². The Balaban J connectivity index is 2.38. The number of ether oxygens (including phenoxy) is 2. The number of halogens is 2. The van der Waals surface area contributed by atoms with Crippen molar-refractivity contribution in [1.82, 2.24) is 0 Å². The highest BCUT2D eigenvalue weighted by Gasteiger charge is 2.24. The fourth-order valence-corrected chi connectivity index (χ4v) is 1.80. The van der Waals surface area contributed by atoms with Gasteiger partial charge in [-0.3, -0.25) is 0 Å². The summed E-state index contributed by atoms with van der Waals surface area (Å²) in [6, 6.07) is 0. The van der Waals surface area contributed by atoms with Crippen LogP contribution in [0.25, 0.3) is 0 Å². The highest BCUT2D eigenvalue weighted by Crippen LogP contribution is 2.25. The Morgan fingerprint density at radius 2 is 2.38 bits per heavy atom. The normalized spacial score (nSPS) is 22.5. The van der Waals surface area contributed by atoms with E-state index < -0.39 is 0 Å². The predicted octanol–water partition coefficient (Wildman–Crippen LogP) is 3.05. The Bertz CT molecular complexity index is 190. The quantitative estimate of drug-likeness (QED) is 0.420. The Kier molecular flexibility index (Phi) is 5.14. The van der Waals surface area contributed by atoms with Gasteiger partial charge in [0.05, 0.1) is 19.3 Å². The van der Waals surface area contributed by atoms with Crippen LogP contribution in [0.5, 0.6) is 0 Å². The topological polar surface area (TPSA) is 21.8 Å². The molecule has 0 aromatic heterocycles. The largest absolute Gasteiger partial charge is 0.487 e. The molecule has 1 rings (SSSR count). The number of rotatable bonds is 6. The van der Waals surface area contributed by atoms with Crippen molar-refractivity contribution in [2.24, 2.45) is 0 Å². The molecule has 1 atom stereocenters. The Morgan fingerprint density at radius 3 is 2.85 bits per heavy atom. The van der Waals surface area contributed by atoms with Gasteiger partial charge in [0, 0.05) is 12.3 Å². The summed E-state index contributed by atoms with van der Waals surface area (Å²) in [6.07, 6.45) is 2.25. The summed E-state index contributed by atoms with van der Waals surface area (Å²) in [5.74, 6) is 0.504. The van der Waals surface area contributed by atoms with Gasteiger partial charge < -0.3 is 9.47 Å². The van der Waals surface area contributed by atoms with Crippen LogP contribution < -0.4 is 0 Å². The predicted molar refractivity (Wildman–Crippen MR) is 57.3 cm³/mol. The van der Waals surface area contributed by atoms with Crippen LogP contribution in [0.4, 0.5) is 0 Å². The van der Waals surface area contributed by atoms with E-state index in [0.29, 0.717) is 12.0 Å². The van der Waals surface area contributed by atoms with E-state index in [0.717, 1.165) is 36.3 Å². The third kappa shape index (κ3) is 4.34. The third-order valence-electron chi connectivity index (χ3n) is 1.75. The molecule has 0 bridgehead atoms. The minimum Gasteiger partial charge on any atom is -0.487 e.